The number of rotatable bonds is 2. The lowest BCUT2D eigenvalue weighted by atomic mass is 10.0. The molecule has 0 aromatic rings. The average molecular weight is 149 g/mol. The SMILES string of the molecule is NCC[C@@H]1CCCC1(F)F. The van der Waals surface area contributed by atoms with Crippen molar-refractivity contribution in [2.45, 2.75) is 31.6 Å². The van der Waals surface area contributed by atoms with Crippen LogP contribution in [0.15, 0.2) is 0 Å². The van der Waals surface area contributed by atoms with E-state index in [4.69, 9.17) is 5.73 Å². The van der Waals surface area contributed by atoms with Crippen molar-refractivity contribution in [2.24, 2.45) is 11.7 Å². The Morgan fingerprint density at radius 2 is 2.20 bits per heavy atom. The van der Waals surface area contributed by atoms with E-state index in [0.29, 0.717) is 25.8 Å². The van der Waals surface area contributed by atoms with E-state index in [0.717, 1.165) is 0 Å². The molecule has 1 rings (SSSR count). The van der Waals surface area contributed by atoms with Crippen LogP contribution in [-0.4, -0.2) is 12.5 Å². The van der Waals surface area contributed by atoms with Crippen LogP contribution < -0.4 is 5.73 Å². The van der Waals surface area contributed by atoms with Gasteiger partial charge < -0.3 is 5.73 Å². The van der Waals surface area contributed by atoms with Crippen LogP contribution in [0.2, 0.25) is 0 Å². The fourth-order valence-corrected chi connectivity index (χ4v) is 1.56. The maximum Gasteiger partial charge on any atom is 0.250 e. The van der Waals surface area contributed by atoms with E-state index in [9.17, 15) is 8.78 Å². The second-order valence-electron chi connectivity index (χ2n) is 2.93. The molecule has 1 atom stereocenters. The van der Waals surface area contributed by atoms with Gasteiger partial charge in [-0.15, -0.1) is 0 Å². The summed E-state index contributed by atoms with van der Waals surface area (Å²) in [6, 6.07) is 0. The standard InChI is InChI=1S/C7H13F2N/c8-7(9)4-1-2-6(7)3-5-10/h6H,1-5,10H2/t6-/m0/s1. The van der Waals surface area contributed by atoms with E-state index in [2.05, 4.69) is 0 Å². The Labute approximate surface area is 59.6 Å². The third-order valence-electron chi connectivity index (χ3n) is 2.18. The minimum absolute atomic E-state index is 0.0671. The molecule has 2 N–H and O–H groups in total. The summed E-state index contributed by atoms with van der Waals surface area (Å²) in [7, 11) is 0. The van der Waals surface area contributed by atoms with Gasteiger partial charge in [-0.05, 0) is 25.8 Å². The van der Waals surface area contributed by atoms with E-state index >= 15 is 0 Å². The predicted octanol–water partition coefficient (Wildman–Crippen LogP) is 1.77. The quantitative estimate of drug-likeness (QED) is 0.636. The van der Waals surface area contributed by atoms with Gasteiger partial charge in [0, 0.05) is 12.3 Å². The highest BCUT2D eigenvalue weighted by Gasteiger charge is 2.42. The zero-order chi connectivity index (χ0) is 7.61. The van der Waals surface area contributed by atoms with E-state index in [-0.39, 0.29) is 6.42 Å². The number of alkyl halides is 2. The fraction of sp³-hybridized carbons (Fsp3) is 1.00. The molecule has 1 aliphatic carbocycles. The molecule has 0 amide bonds. The second kappa shape index (κ2) is 2.82. The van der Waals surface area contributed by atoms with Crippen LogP contribution in [0, 0.1) is 5.92 Å². The van der Waals surface area contributed by atoms with E-state index in [1.807, 2.05) is 0 Å². The summed E-state index contributed by atoms with van der Waals surface area (Å²) in [4.78, 5) is 0. The van der Waals surface area contributed by atoms with Crippen molar-refractivity contribution in [2.75, 3.05) is 6.54 Å². The minimum Gasteiger partial charge on any atom is -0.330 e. The Morgan fingerprint density at radius 1 is 1.50 bits per heavy atom. The summed E-state index contributed by atoms with van der Waals surface area (Å²) in [6.07, 6.45) is 1.87. The van der Waals surface area contributed by atoms with Crippen LogP contribution in [-0.2, 0) is 0 Å². The van der Waals surface area contributed by atoms with Gasteiger partial charge in [-0.25, -0.2) is 8.78 Å². The van der Waals surface area contributed by atoms with Crippen LogP contribution in [0.3, 0.4) is 0 Å². The first-order valence-electron chi connectivity index (χ1n) is 3.74. The smallest absolute Gasteiger partial charge is 0.250 e. The third-order valence-corrected chi connectivity index (χ3v) is 2.18. The summed E-state index contributed by atoms with van der Waals surface area (Å²) in [5.41, 5.74) is 5.20. The zero-order valence-electron chi connectivity index (χ0n) is 5.95. The maximum absolute atomic E-state index is 12.7. The number of hydrogen-bond donors (Lipinski definition) is 1. The summed E-state index contributed by atoms with van der Waals surface area (Å²) >= 11 is 0. The summed E-state index contributed by atoms with van der Waals surface area (Å²) in [5.74, 6) is -2.85. The summed E-state index contributed by atoms with van der Waals surface area (Å²) < 4.78 is 25.5. The van der Waals surface area contributed by atoms with E-state index in [1.54, 1.807) is 0 Å². The van der Waals surface area contributed by atoms with Crippen molar-refractivity contribution in [3.8, 4) is 0 Å². The highest BCUT2D eigenvalue weighted by atomic mass is 19.3. The molecule has 0 heterocycles. The third kappa shape index (κ3) is 1.45. The van der Waals surface area contributed by atoms with Crippen molar-refractivity contribution in [3.05, 3.63) is 0 Å². The van der Waals surface area contributed by atoms with Crippen LogP contribution in [0.1, 0.15) is 25.7 Å². The molecule has 0 aromatic carbocycles. The van der Waals surface area contributed by atoms with Gasteiger partial charge in [0.05, 0.1) is 0 Å². The highest BCUT2D eigenvalue weighted by molar-refractivity contribution is 4.83. The zero-order valence-corrected chi connectivity index (χ0v) is 5.95. The lowest BCUT2D eigenvalue weighted by Crippen LogP contribution is -2.23. The average Bonchev–Trinajstić information content (AvgIpc) is 2.13. The van der Waals surface area contributed by atoms with Gasteiger partial charge in [-0.2, -0.15) is 0 Å². The Morgan fingerprint density at radius 3 is 2.60 bits per heavy atom. The molecule has 1 aliphatic rings. The Hall–Kier alpha value is -0.180. The molecule has 0 spiro atoms. The molecule has 0 bridgehead atoms. The summed E-state index contributed by atoms with van der Waals surface area (Å²) in [6.45, 7) is 0.389. The van der Waals surface area contributed by atoms with Crippen LogP contribution in [0.25, 0.3) is 0 Å². The van der Waals surface area contributed by atoms with Crippen LogP contribution in [0.5, 0.6) is 0 Å². The van der Waals surface area contributed by atoms with Crippen molar-refractivity contribution >= 4 is 0 Å². The molecular formula is C7H13F2N. The van der Waals surface area contributed by atoms with Crippen molar-refractivity contribution in [3.63, 3.8) is 0 Å². The molecule has 10 heavy (non-hydrogen) atoms. The molecule has 0 aromatic heterocycles. The minimum atomic E-state index is -2.42. The molecule has 1 nitrogen and oxygen atoms in total. The first kappa shape index (κ1) is 7.92. The topological polar surface area (TPSA) is 26.0 Å². The number of halogens is 2. The predicted molar refractivity (Wildman–Crippen MR) is 36.0 cm³/mol. The first-order valence-corrected chi connectivity index (χ1v) is 3.74. The van der Waals surface area contributed by atoms with Gasteiger partial charge in [-0.1, -0.05) is 0 Å². The lowest BCUT2D eigenvalue weighted by molar-refractivity contribution is -0.0384. The number of nitrogens with two attached hydrogens (primary N) is 1. The van der Waals surface area contributed by atoms with Gasteiger partial charge in [0.15, 0.2) is 0 Å². The first-order chi connectivity index (χ1) is 4.67. The van der Waals surface area contributed by atoms with Crippen LogP contribution >= 0.6 is 0 Å². The molecular weight excluding hydrogens is 136 g/mol. The molecule has 0 saturated heterocycles. The van der Waals surface area contributed by atoms with Gasteiger partial charge >= 0.3 is 0 Å². The van der Waals surface area contributed by atoms with Gasteiger partial charge in [0.25, 0.3) is 5.92 Å². The highest BCUT2D eigenvalue weighted by Crippen LogP contribution is 2.41. The van der Waals surface area contributed by atoms with E-state index in [1.165, 1.54) is 0 Å². The Bertz CT molecular complexity index is 114. The van der Waals surface area contributed by atoms with Gasteiger partial charge in [-0.3, -0.25) is 0 Å². The fourth-order valence-electron chi connectivity index (χ4n) is 1.56. The maximum atomic E-state index is 12.7. The number of hydrogen-bond acceptors (Lipinski definition) is 1. The molecule has 60 valence electrons. The van der Waals surface area contributed by atoms with Crippen molar-refractivity contribution in [1.29, 1.82) is 0 Å². The normalized spacial score (nSPS) is 30.9. The molecule has 0 aliphatic heterocycles. The van der Waals surface area contributed by atoms with Crippen LogP contribution in [0.4, 0.5) is 8.78 Å². The molecule has 0 unspecified atom stereocenters. The summed E-state index contributed by atoms with van der Waals surface area (Å²) in [5, 5.41) is 0. The van der Waals surface area contributed by atoms with Crippen molar-refractivity contribution < 1.29 is 8.78 Å². The molecule has 1 fully saturated rings. The Balaban J connectivity index is 2.43. The van der Waals surface area contributed by atoms with Gasteiger partial charge in [0.2, 0.25) is 0 Å². The monoisotopic (exact) mass is 149 g/mol. The van der Waals surface area contributed by atoms with E-state index < -0.39 is 11.8 Å². The molecule has 1 saturated carbocycles. The molecule has 0 radical (unpaired) electrons. The van der Waals surface area contributed by atoms with Crippen molar-refractivity contribution in [1.82, 2.24) is 0 Å². The second-order valence-corrected chi connectivity index (χ2v) is 2.93. The molecule has 3 heteroatoms. The van der Waals surface area contributed by atoms with Gasteiger partial charge in [0.1, 0.15) is 0 Å². The Kier molecular flexibility index (Phi) is 2.24. The lowest BCUT2D eigenvalue weighted by Gasteiger charge is -2.17. The largest absolute Gasteiger partial charge is 0.330 e.